The van der Waals surface area contributed by atoms with E-state index in [9.17, 15) is 22.0 Å². The van der Waals surface area contributed by atoms with Crippen LogP contribution in [0.1, 0.15) is 36.5 Å². The summed E-state index contributed by atoms with van der Waals surface area (Å²) in [5, 5.41) is 0. The van der Waals surface area contributed by atoms with Crippen LogP contribution < -0.4 is 0 Å². The summed E-state index contributed by atoms with van der Waals surface area (Å²) >= 11 is 0. The average molecular weight is 416 g/mol. The standard InChI is InChI=1S/C19H27F2N3O3S/c1-2-28(26,27)24(11-10-22-8-4-3-5-9-22)16-13-23(14-16)19(25)17-7-6-15(20)12-18(17)21/h6-7,12,16H,2-5,8-11,13-14H2,1H3. The number of amides is 1. The van der Waals surface area contributed by atoms with Crippen molar-refractivity contribution in [1.29, 1.82) is 0 Å². The second-order valence-corrected chi connectivity index (χ2v) is 9.61. The van der Waals surface area contributed by atoms with Crippen LogP contribution in [-0.4, -0.2) is 79.5 Å². The van der Waals surface area contributed by atoms with Gasteiger partial charge >= 0.3 is 0 Å². The molecule has 2 saturated heterocycles. The fourth-order valence-corrected chi connectivity index (χ4v) is 5.05. The van der Waals surface area contributed by atoms with Gasteiger partial charge in [-0.3, -0.25) is 4.79 Å². The quantitative estimate of drug-likeness (QED) is 0.683. The number of carbonyl (C=O) groups is 1. The molecule has 156 valence electrons. The van der Waals surface area contributed by atoms with Crippen LogP contribution in [0.15, 0.2) is 18.2 Å². The summed E-state index contributed by atoms with van der Waals surface area (Å²) in [6, 6.07) is 2.54. The maximum absolute atomic E-state index is 13.8. The highest BCUT2D eigenvalue weighted by Gasteiger charge is 2.40. The van der Waals surface area contributed by atoms with Crippen molar-refractivity contribution in [3.63, 3.8) is 0 Å². The lowest BCUT2D eigenvalue weighted by Crippen LogP contribution is -2.63. The number of carbonyl (C=O) groups excluding carboxylic acids is 1. The molecule has 1 amide bonds. The van der Waals surface area contributed by atoms with Crippen molar-refractivity contribution in [3.05, 3.63) is 35.4 Å². The summed E-state index contributed by atoms with van der Waals surface area (Å²) in [5.74, 6) is -2.19. The first-order valence-electron chi connectivity index (χ1n) is 9.78. The second-order valence-electron chi connectivity index (χ2n) is 7.40. The molecular formula is C19H27F2N3O3S. The number of hydrogen-bond acceptors (Lipinski definition) is 4. The fourth-order valence-electron chi connectivity index (χ4n) is 3.77. The maximum atomic E-state index is 13.8. The van der Waals surface area contributed by atoms with Crippen molar-refractivity contribution in [2.45, 2.75) is 32.2 Å². The lowest BCUT2D eigenvalue weighted by molar-refractivity contribution is 0.0432. The predicted molar refractivity (Wildman–Crippen MR) is 103 cm³/mol. The van der Waals surface area contributed by atoms with E-state index in [4.69, 9.17) is 0 Å². The number of benzene rings is 1. The molecule has 0 unspecified atom stereocenters. The van der Waals surface area contributed by atoms with Crippen molar-refractivity contribution in [1.82, 2.24) is 14.1 Å². The minimum Gasteiger partial charge on any atom is -0.335 e. The highest BCUT2D eigenvalue weighted by Crippen LogP contribution is 2.23. The van der Waals surface area contributed by atoms with Gasteiger partial charge < -0.3 is 9.80 Å². The number of piperidine rings is 1. The predicted octanol–water partition coefficient (Wildman–Crippen LogP) is 1.93. The zero-order valence-corrected chi connectivity index (χ0v) is 16.9. The molecule has 2 aliphatic heterocycles. The normalized spacial score (nSPS) is 19.1. The Bertz CT molecular complexity index is 807. The molecule has 2 heterocycles. The summed E-state index contributed by atoms with van der Waals surface area (Å²) in [5.41, 5.74) is -0.196. The Kier molecular flexibility index (Phi) is 6.67. The van der Waals surface area contributed by atoms with Crippen molar-refractivity contribution in [3.8, 4) is 0 Å². The first-order valence-corrected chi connectivity index (χ1v) is 11.4. The highest BCUT2D eigenvalue weighted by atomic mass is 32.2. The summed E-state index contributed by atoms with van der Waals surface area (Å²) in [4.78, 5) is 16.1. The van der Waals surface area contributed by atoms with Gasteiger partial charge in [0.15, 0.2) is 0 Å². The molecule has 0 radical (unpaired) electrons. The molecule has 0 bridgehead atoms. The SMILES string of the molecule is CCS(=O)(=O)N(CCN1CCCCC1)C1CN(C(=O)c2ccc(F)cc2F)C1. The number of nitrogens with zero attached hydrogens (tertiary/aromatic N) is 3. The molecule has 2 aliphatic rings. The van der Waals surface area contributed by atoms with Crippen LogP contribution in [0.4, 0.5) is 8.78 Å². The molecule has 0 aromatic heterocycles. The number of halogens is 2. The van der Waals surface area contributed by atoms with Crippen LogP contribution in [0.2, 0.25) is 0 Å². The highest BCUT2D eigenvalue weighted by molar-refractivity contribution is 7.89. The third-order valence-corrected chi connectivity index (χ3v) is 7.45. The second kappa shape index (κ2) is 8.84. The van der Waals surface area contributed by atoms with E-state index in [1.165, 1.54) is 15.6 Å². The lowest BCUT2D eigenvalue weighted by atomic mass is 10.1. The zero-order valence-electron chi connectivity index (χ0n) is 16.1. The Morgan fingerprint density at radius 2 is 1.86 bits per heavy atom. The van der Waals surface area contributed by atoms with Crippen molar-refractivity contribution < 1.29 is 22.0 Å². The molecule has 0 spiro atoms. The van der Waals surface area contributed by atoms with Crippen LogP contribution in [0.5, 0.6) is 0 Å². The molecule has 1 aromatic rings. The third-order valence-electron chi connectivity index (χ3n) is 5.53. The summed E-state index contributed by atoms with van der Waals surface area (Å²) < 4.78 is 53.5. The van der Waals surface area contributed by atoms with Crippen molar-refractivity contribution in [2.75, 3.05) is 45.0 Å². The van der Waals surface area contributed by atoms with Crippen molar-refractivity contribution in [2.24, 2.45) is 0 Å². The minimum atomic E-state index is -3.40. The van der Waals surface area contributed by atoms with Crippen LogP contribution >= 0.6 is 0 Å². The molecule has 3 rings (SSSR count). The molecule has 1 aromatic carbocycles. The molecule has 0 aliphatic carbocycles. The Balaban J connectivity index is 1.62. The topological polar surface area (TPSA) is 60.9 Å². The van der Waals surface area contributed by atoms with Crippen LogP contribution in [-0.2, 0) is 10.0 Å². The molecule has 28 heavy (non-hydrogen) atoms. The molecule has 9 heteroatoms. The fraction of sp³-hybridized carbons (Fsp3) is 0.632. The lowest BCUT2D eigenvalue weighted by Gasteiger charge is -2.45. The van der Waals surface area contributed by atoms with E-state index in [-0.39, 0.29) is 30.4 Å². The van der Waals surface area contributed by atoms with Crippen molar-refractivity contribution >= 4 is 15.9 Å². The Hall–Kier alpha value is -1.58. The average Bonchev–Trinajstić information content (AvgIpc) is 2.63. The van der Waals surface area contributed by atoms with Gasteiger partial charge in [0, 0.05) is 32.2 Å². The maximum Gasteiger partial charge on any atom is 0.256 e. The van der Waals surface area contributed by atoms with Gasteiger partial charge in [-0.05, 0) is 45.0 Å². The molecular weight excluding hydrogens is 388 g/mol. The van der Waals surface area contributed by atoms with Gasteiger partial charge in [0.1, 0.15) is 11.6 Å². The molecule has 0 atom stereocenters. The Morgan fingerprint density at radius 1 is 1.18 bits per heavy atom. The van der Waals surface area contributed by atoms with Crippen LogP contribution in [0.3, 0.4) is 0 Å². The Labute approximate surface area is 165 Å². The smallest absolute Gasteiger partial charge is 0.256 e. The van der Waals surface area contributed by atoms with Crippen LogP contribution in [0, 0.1) is 11.6 Å². The van der Waals surface area contributed by atoms with Gasteiger partial charge in [0.2, 0.25) is 10.0 Å². The van der Waals surface area contributed by atoms with E-state index < -0.39 is 27.6 Å². The molecule has 0 N–H and O–H groups in total. The minimum absolute atomic E-state index is 0.00400. The largest absolute Gasteiger partial charge is 0.335 e. The zero-order chi connectivity index (χ0) is 20.3. The van der Waals surface area contributed by atoms with E-state index in [0.717, 1.165) is 38.1 Å². The van der Waals surface area contributed by atoms with E-state index in [1.54, 1.807) is 6.92 Å². The first-order chi connectivity index (χ1) is 13.3. The number of sulfonamides is 1. The van der Waals surface area contributed by atoms with Crippen LogP contribution in [0.25, 0.3) is 0 Å². The number of rotatable bonds is 7. The summed E-state index contributed by atoms with van der Waals surface area (Å²) in [7, 11) is -3.40. The molecule has 2 fully saturated rings. The van der Waals surface area contributed by atoms with Gasteiger partial charge in [-0.15, -0.1) is 0 Å². The van der Waals surface area contributed by atoms with Gasteiger partial charge in [0.05, 0.1) is 17.4 Å². The summed E-state index contributed by atoms with van der Waals surface area (Å²) in [6.07, 6.45) is 3.48. The Morgan fingerprint density at radius 3 is 2.46 bits per heavy atom. The van der Waals surface area contributed by atoms with Gasteiger partial charge in [0.25, 0.3) is 5.91 Å². The van der Waals surface area contributed by atoms with Gasteiger partial charge in [-0.1, -0.05) is 6.42 Å². The number of hydrogen-bond donors (Lipinski definition) is 0. The van der Waals surface area contributed by atoms with E-state index in [0.29, 0.717) is 19.2 Å². The third kappa shape index (κ3) is 4.69. The number of likely N-dealkylation sites (tertiary alicyclic amines) is 2. The molecule has 6 nitrogen and oxygen atoms in total. The van der Waals surface area contributed by atoms with E-state index in [1.807, 2.05) is 0 Å². The van der Waals surface area contributed by atoms with Gasteiger partial charge in [-0.25, -0.2) is 17.2 Å². The monoisotopic (exact) mass is 415 g/mol. The first kappa shape index (κ1) is 21.1. The van der Waals surface area contributed by atoms with Gasteiger partial charge in [-0.2, -0.15) is 4.31 Å². The van der Waals surface area contributed by atoms with E-state index >= 15 is 0 Å². The molecule has 0 saturated carbocycles. The summed E-state index contributed by atoms with van der Waals surface area (Å²) in [6.45, 7) is 5.09. The van der Waals surface area contributed by atoms with E-state index in [2.05, 4.69) is 4.90 Å².